The first-order chi connectivity index (χ1) is 10.1. The minimum absolute atomic E-state index is 0.185. The number of nitrogens with two attached hydrogens (primary N) is 1. The van der Waals surface area contributed by atoms with Gasteiger partial charge in [-0.1, -0.05) is 0 Å². The number of aromatic amines is 1. The molecule has 0 atom stereocenters. The van der Waals surface area contributed by atoms with E-state index in [1.54, 1.807) is 4.57 Å². The Bertz CT molecular complexity index is 757. The van der Waals surface area contributed by atoms with Gasteiger partial charge < -0.3 is 14.1 Å². The molecule has 1 aromatic carbocycles. The summed E-state index contributed by atoms with van der Waals surface area (Å²) in [5, 5.41) is 0. The van der Waals surface area contributed by atoms with Crippen molar-refractivity contribution in [3.63, 3.8) is 0 Å². The van der Waals surface area contributed by atoms with Gasteiger partial charge in [-0.15, -0.1) is 0 Å². The van der Waals surface area contributed by atoms with Crippen LogP contribution in [0, 0.1) is 10.6 Å². The highest BCUT2D eigenvalue weighted by Crippen LogP contribution is 2.29. The van der Waals surface area contributed by atoms with Crippen LogP contribution in [0.3, 0.4) is 0 Å². The summed E-state index contributed by atoms with van der Waals surface area (Å²) in [4.78, 5) is 18.7. The Morgan fingerprint density at radius 1 is 1.43 bits per heavy atom. The van der Waals surface area contributed by atoms with Crippen LogP contribution in [0.1, 0.15) is 0 Å². The number of rotatable bonds is 5. The van der Waals surface area contributed by atoms with Gasteiger partial charge in [0, 0.05) is 11.6 Å². The molecular formula is C13H14FN3O3S. The van der Waals surface area contributed by atoms with Crippen molar-refractivity contribution in [3.05, 3.63) is 45.2 Å². The lowest BCUT2D eigenvalue weighted by atomic mass is 10.1. The molecule has 0 radical (unpaired) electrons. The predicted octanol–water partition coefficient (Wildman–Crippen LogP) is 1.61. The molecule has 0 saturated carbocycles. The van der Waals surface area contributed by atoms with E-state index in [1.165, 1.54) is 31.4 Å². The lowest BCUT2D eigenvalue weighted by Gasteiger charge is -2.15. The van der Waals surface area contributed by atoms with Crippen molar-refractivity contribution in [2.45, 2.75) is 6.54 Å². The number of hydrogen-bond acceptors (Lipinski definition) is 5. The standard InChI is InChI=1S/C13H14FN3O3S/c1-19-11-3-2-8(14)6-9(11)10-7-12(18)16-13(21)17(10)4-5-20-15/h2-3,6-7H,4-5,15H2,1H3,(H,16,18,21). The largest absolute Gasteiger partial charge is 0.496 e. The van der Waals surface area contributed by atoms with E-state index in [0.717, 1.165) is 0 Å². The maximum absolute atomic E-state index is 13.5. The van der Waals surface area contributed by atoms with Gasteiger partial charge in [-0.2, -0.15) is 0 Å². The first kappa shape index (κ1) is 15.4. The van der Waals surface area contributed by atoms with Crippen LogP contribution in [0.2, 0.25) is 0 Å². The fraction of sp³-hybridized carbons (Fsp3) is 0.231. The van der Waals surface area contributed by atoms with Gasteiger partial charge in [0.1, 0.15) is 11.6 Å². The molecule has 0 aliphatic carbocycles. The summed E-state index contributed by atoms with van der Waals surface area (Å²) in [5.41, 5.74) is 0.468. The zero-order chi connectivity index (χ0) is 15.4. The SMILES string of the molecule is COc1ccc(F)cc1-c1cc(=O)[nH]c(=S)n1CCON. The summed E-state index contributed by atoms with van der Waals surface area (Å²) in [6, 6.07) is 5.36. The van der Waals surface area contributed by atoms with E-state index in [-0.39, 0.29) is 16.9 Å². The van der Waals surface area contributed by atoms with Gasteiger partial charge in [0.05, 0.1) is 26.0 Å². The van der Waals surface area contributed by atoms with E-state index in [1.807, 2.05) is 0 Å². The van der Waals surface area contributed by atoms with E-state index >= 15 is 0 Å². The van der Waals surface area contributed by atoms with E-state index in [0.29, 0.717) is 23.6 Å². The second-order valence-corrected chi connectivity index (χ2v) is 4.58. The van der Waals surface area contributed by atoms with Crippen LogP contribution in [0.25, 0.3) is 11.3 Å². The molecular weight excluding hydrogens is 297 g/mol. The summed E-state index contributed by atoms with van der Waals surface area (Å²) in [5.74, 6) is 5.01. The lowest BCUT2D eigenvalue weighted by molar-refractivity contribution is 0.129. The first-order valence-corrected chi connectivity index (χ1v) is 6.47. The Balaban J connectivity index is 2.70. The number of H-pyrrole nitrogens is 1. The van der Waals surface area contributed by atoms with Gasteiger partial charge in [-0.05, 0) is 30.4 Å². The number of methoxy groups -OCH3 is 1. The zero-order valence-corrected chi connectivity index (χ0v) is 12.1. The number of nitrogens with zero attached hydrogens (tertiary/aromatic N) is 1. The van der Waals surface area contributed by atoms with Gasteiger partial charge >= 0.3 is 0 Å². The number of aromatic nitrogens is 2. The maximum Gasteiger partial charge on any atom is 0.252 e. The van der Waals surface area contributed by atoms with Crippen LogP contribution in [-0.4, -0.2) is 23.3 Å². The summed E-state index contributed by atoms with van der Waals surface area (Å²) in [6.07, 6.45) is 0. The van der Waals surface area contributed by atoms with Crippen molar-refractivity contribution >= 4 is 12.2 Å². The van der Waals surface area contributed by atoms with Crippen molar-refractivity contribution in [2.24, 2.45) is 5.90 Å². The maximum atomic E-state index is 13.5. The van der Waals surface area contributed by atoms with E-state index < -0.39 is 5.82 Å². The van der Waals surface area contributed by atoms with Crippen LogP contribution < -0.4 is 16.2 Å². The molecule has 1 heterocycles. The fourth-order valence-electron chi connectivity index (χ4n) is 1.99. The second-order valence-electron chi connectivity index (χ2n) is 4.19. The monoisotopic (exact) mass is 311 g/mol. The minimum Gasteiger partial charge on any atom is -0.496 e. The Kier molecular flexibility index (Phi) is 4.84. The van der Waals surface area contributed by atoms with E-state index in [4.69, 9.17) is 22.9 Å². The molecule has 0 saturated heterocycles. The molecule has 0 bridgehead atoms. The van der Waals surface area contributed by atoms with Gasteiger partial charge in [-0.3, -0.25) is 9.78 Å². The average molecular weight is 311 g/mol. The van der Waals surface area contributed by atoms with Crippen molar-refractivity contribution < 1.29 is 14.0 Å². The fourth-order valence-corrected chi connectivity index (χ4v) is 2.28. The van der Waals surface area contributed by atoms with Gasteiger partial charge in [-0.25, -0.2) is 10.3 Å². The molecule has 21 heavy (non-hydrogen) atoms. The van der Waals surface area contributed by atoms with Crippen LogP contribution in [0.5, 0.6) is 5.75 Å². The molecule has 1 aromatic heterocycles. The lowest BCUT2D eigenvalue weighted by Crippen LogP contribution is -2.18. The van der Waals surface area contributed by atoms with Crippen molar-refractivity contribution in [1.82, 2.24) is 9.55 Å². The third kappa shape index (κ3) is 3.35. The third-order valence-corrected chi connectivity index (χ3v) is 3.23. The van der Waals surface area contributed by atoms with Crippen molar-refractivity contribution in [2.75, 3.05) is 13.7 Å². The molecule has 0 aliphatic heterocycles. The van der Waals surface area contributed by atoms with Gasteiger partial charge in [0.25, 0.3) is 5.56 Å². The normalized spacial score (nSPS) is 10.6. The second kappa shape index (κ2) is 6.61. The molecule has 0 unspecified atom stereocenters. The molecule has 0 spiro atoms. The highest BCUT2D eigenvalue weighted by molar-refractivity contribution is 7.71. The minimum atomic E-state index is -0.446. The zero-order valence-electron chi connectivity index (χ0n) is 11.3. The Labute approximate surface area is 124 Å². The predicted molar refractivity (Wildman–Crippen MR) is 78.0 cm³/mol. The number of nitrogens with one attached hydrogen (secondary N) is 1. The Hall–Kier alpha value is -2.03. The van der Waals surface area contributed by atoms with E-state index in [9.17, 15) is 9.18 Å². The van der Waals surface area contributed by atoms with Gasteiger partial charge in [0.2, 0.25) is 0 Å². The van der Waals surface area contributed by atoms with Crippen LogP contribution >= 0.6 is 12.2 Å². The van der Waals surface area contributed by atoms with Crippen LogP contribution in [-0.2, 0) is 11.4 Å². The van der Waals surface area contributed by atoms with Crippen molar-refractivity contribution in [3.8, 4) is 17.0 Å². The number of hydrogen-bond donors (Lipinski definition) is 2. The Morgan fingerprint density at radius 2 is 2.19 bits per heavy atom. The van der Waals surface area contributed by atoms with E-state index in [2.05, 4.69) is 9.82 Å². The first-order valence-electron chi connectivity index (χ1n) is 6.06. The van der Waals surface area contributed by atoms with Crippen LogP contribution in [0.4, 0.5) is 4.39 Å². The summed E-state index contributed by atoms with van der Waals surface area (Å²) in [6.45, 7) is 0.492. The summed E-state index contributed by atoms with van der Waals surface area (Å²) in [7, 11) is 1.46. The summed E-state index contributed by atoms with van der Waals surface area (Å²) >= 11 is 5.13. The highest BCUT2D eigenvalue weighted by Gasteiger charge is 2.13. The molecule has 3 N–H and O–H groups in total. The number of benzene rings is 1. The molecule has 0 amide bonds. The molecule has 6 nitrogen and oxygen atoms in total. The smallest absolute Gasteiger partial charge is 0.252 e. The molecule has 0 aliphatic rings. The quantitative estimate of drug-likeness (QED) is 0.647. The molecule has 0 fully saturated rings. The summed E-state index contributed by atoms with van der Waals surface area (Å²) < 4.78 is 20.5. The van der Waals surface area contributed by atoms with Crippen LogP contribution in [0.15, 0.2) is 29.1 Å². The number of halogens is 1. The molecule has 2 aromatic rings. The topological polar surface area (TPSA) is 82.3 Å². The van der Waals surface area contributed by atoms with Crippen molar-refractivity contribution in [1.29, 1.82) is 0 Å². The molecule has 8 heteroatoms. The molecule has 2 rings (SSSR count). The highest BCUT2D eigenvalue weighted by atomic mass is 32.1. The number of ether oxygens (including phenoxy) is 1. The Morgan fingerprint density at radius 3 is 2.86 bits per heavy atom. The molecule has 112 valence electrons. The third-order valence-electron chi connectivity index (χ3n) is 2.90. The van der Waals surface area contributed by atoms with Gasteiger partial charge in [0.15, 0.2) is 4.77 Å². The average Bonchev–Trinajstić information content (AvgIpc) is 2.45.